The first-order valence-corrected chi connectivity index (χ1v) is 10.9. The van der Waals surface area contributed by atoms with E-state index in [9.17, 15) is 4.79 Å². The molecule has 1 heterocycles. The van der Waals surface area contributed by atoms with Gasteiger partial charge in [-0.15, -0.1) is 0 Å². The van der Waals surface area contributed by atoms with Crippen molar-refractivity contribution in [3.05, 3.63) is 83.6 Å². The third kappa shape index (κ3) is 5.75. The Bertz CT molecular complexity index is 1220. The molecule has 0 aliphatic rings. The summed E-state index contributed by atoms with van der Waals surface area (Å²) >= 11 is 5.87. The number of hydrogen-bond donors (Lipinski definition) is 1. The number of halogens is 1. The van der Waals surface area contributed by atoms with E-state index in [-0.39, 0.29) is 19.1 Å². The van der Waals surface area contributed by atoms with Crippen LogP contribution in [-0.4, -0.2) is 35.8 Å². The maximum atomic E-state index is 12.3. The molecule has 0 spiro atoms. The van der Waals surface area contributed by atoms with Crippen molar-refractivity contribution in [1.82, 2.24) is 14.9 Å². The fourth-order valence-electron chi connectivity index (χ4n) is 3.40. The number of benzene rings is 3. The number of hydrogen-bond acceptors (Lipinski definition) is 5. The molecular weight excluding hydrogens is 442 g/mol. The third-order valence-electron chi connectivity index (χ3n) is 5.00. The van der Waals surface area contributed by atoms with Gasteiger partial charge in [0.2, 0.25) is 0 Å². The molecule has 7 nitrogen and oxygen atoms in total. The zero-order valence-corrected chi connectivity index (χ0v) is 18.9. The molecule has 33 heavy (non-hydrogen) atoms. The number of carbonyl (C=O) groups excluding carboxylic acids is 1. The quantitative estimate of drug-likeness (QED) is 0.374. The fourth-order valence-corrected chi connectivity index (χ4v) is 3.53. The van der Waals surface area contributed by atoms with Gasteiger partial charge in [0.05, 0.1) is 31.2 Å². The van der Waals surface area contributed by atoms with E-state index in [0.29, 0.717) is 35.4 Å². The molecule has 4 rings (SSSR count). The van der Waals surface area contributed by atoms with Gasteiger partial charge in [0.15, 0.2) is 18.1 Å². The van der Waals surface area contributed by atoms with Crippen LogP contribution >= 0.6 is 11.6 Å². The molecule has 0 aliphatic carbocycles. The van der Waals surface area contributed by atoms with Gasteiger partial charge in [0.25, 0.3) is 5.91 Å². The van der Waals surface area contributed by atoms with Crippen LogP contribution < -0.4 is 19.5 Å². The van der Waals surface area contributed by atoms with E-state index < -0.39 is 0 Å². The summed E-state index contributed by atoms with van der Waals surface area (Å²) in [5, 5.41) is 3.49. The number of para-hydroxylation sites is 4. The maximum Gasteiger partial charge on any atom is 0.258 e. The van der Waals surface area contributed by atoms with Gasteiger partial charge in [-0.1, -0.05) is 35.9 Å². The van der Waals surface area contributed by atoms with Crippen LogP contribution in [0.3, 0.4) is 0 Å². The van der Waals surface area contributed by atoms with E-state index >= 15 is 0 Å². The number of rotatable bonds is 10. The topological polar surface area (TPSA) is 74.6 Å². The van der Waals surface area contributed by atoms with Crippen molar-refractivity contribution in [3.8, 4) is 17.2 Å². The highest BCUT2D eigenvalue weighted by Crippen LogP contribution is 2.26. The van der Waals surface area contributed by atoms with Crippen LogP contribution in [0.25, 0.3) is 11.0 Å². The second-order valence-electron chi connectivity index (χ2n) is 7.19. The van der Waals surface area contributed by atoms with Gasteiger partial charge in [-0.2, -0.15) is 0 Å². The summed E-state index contributed by atoms with van der Waals surface area (Å²) in [6, 6.07) is 22.2. The average molecular weight is 466 g/mol. The largest absolute Gasteiger partial charge is 0.493 e. The fraction of sp³-hybridized carbons (Fsp3) is 0.200. The zero-order chi connectivity index (χ0) is 23.0. The summed E-state index contributed by atoms with van der Waals surface area (Å²) < 4.78 is 18.8. The second-order valence-corrected chi connectivity index (χ2v) is 7.62. The number of methoxy groups -OCH3 is 1. The zero-order valence-electron chi connectivity index (χ0n) is 18.2. The molecule has 170 valence electrons. The Hall–Kier alpha value is -3.71. The Balaban J connectivity index is 1.39. The minimum absolute atomic E-state index is 0.0984. The van der Waals surface area contributed by atoms with Crippen LogP contribution in [0.15, 0.2) is 72.8 Å². The van der Waals surface area contributed by atoms with Crippen molar-refractivity contribution in [3.63, 3.8) is 0 Å². The van der Waals surface area contributed by atoms with E-state index in [4.69, 9.17) is 25.8 Å². The smallest absolute Gasteiger partial charge is 0.258 e. The first-order chi connectivity index (χ1) is 16.1. The Labute approximate surface area is 196 Å². The molecule has 1 N–H and O–H groups in total. The summed E-state index contributed by atoms with van der Waals surface area (Å²) in [5.41, 5.74) is 1.83. The number of amides is 1. The summed E-state index contributed by atoms with van der Waals surface area (Å²) in [5.74, 6) is 2.43. The molecule has 0 fully saturated rings. The van der Waals surface area contributed by atoms with Crippen LogP contribution in [0.1, 0.15) is 5.82 Å². The van der Waals surface area contributed by atoms with Crippen LogP contribution in [0, 0.1) is 0 Å². The molecule has 4 aromatic rings. The van der Waals surface area contributed by atoms with Gasteiger partial charge >= 0.3 is 0 Å². The Morgan fingerprint density at radius 1 is 0.970 bits per heavy atom. The Morgan fingerprint density at radius 3 is 2.48 bits per heavy atom. The molecule has 0 bridgehead atoms. The Kier molecular flexibility index (Phi) is 7.32. The number of ether oxygens (including phenoxy) is 3. The molecule has 0 radical (unpaired) electrons. The normalized spacial score (nSPS) is 10.7. The third-order valence-corrected chi connectivity index (χ3v) is 5.25. The highest BCUT2D eigenvalue weighted by molar-refractivity contribution is 6.30. The van der Waals surface area contributed by atoms with Gasteiger partial charge in [0, 0.05) is 5.02 Å². The molecule has 1 amide bonds. The highest BCUT2D eigenvalue weighted by atomic mass is 35.5. The highest BCUT2D eigenvalue weighted by Gasteiger charge is 2.13. The molecule has 3 aromatic carbocycles. The number of fused-ring (bicyclic) bond motifs is 1. The minimum Gasteiger partial charge on any atom is -0.493 e. The van der Waals surface area contributed by atoms with Gasteiger partial charge < -0.3 is 24.1 Å². The molecule has 0 unspecified atom stereocenters. The molecule has 1 aromatic heterocycles. The summed E-state index contributed by atoms with van der Waals surface area (Å²) in [7, 11) is 1.61. The van der Waals surface area contributed by atoms with Crippen molar-refractivity contribution in [2.75, 3.05) is 20.3 Å². The second kappa shape index (κ2) is 10.7. The van der Waals surface area contributed by atoms with Crippen molar-refractivity contribution < 1.29 is 19.0 Å². The Morgan fingerprint density at radius 2 is 1.70 bits per heavy atom. The van der Waals surface area contributed by atoms with Crippen molar-refractivity contribution in [2.24, 2.45) is 0 Å². The van der Waals surface area contributed by atoms with Crippen molar-refractivity contribution in [2.45, 2.75) is 13.1 Å². The molecule has 0 atom stereocenters. The van der Waals surface area contributed by atoms with Gasteiger partial charge in [-0.25, -0.2) is 4.98 Å². The predicted octanol–water partition coefficient (Wildman–Crippen LogP) is 4.47. The summed E-state index contributed by atoms with van der Waals surface area (Å²) in [6.45, 7) is 1.15. The van der Waals surface area contributed by atoms with Crippen molar-refractivity contribution >= 4 is 28.5 Å². The standard InChI is InChI=1S/C25H24ClN3O4/c1-31-22-8-4-5-9-23(22)32-15-14-29-21-7-3-2-6-20(21)28-24(29)16-27-25(30)17-33-19-12-10-18(26)11-13-19/h2-13H,14-17H2,1H3,(H,27,30). The molecule has 0 saturated heterocycles. The van der Waals surface area contributed by atoms with Gasteiger partial charge in [0.1, 0.15) is 18.2 Å². The van der Waals surface area contributed by atoms with E-state index in [1.54, 1.807) is 31.4 Å². The van der Waals surface area contributed by atoms with Crippen LogP contribution in [-0.2, 0) is 17.9 Å². The molecule has 0 saturated carbocycles. The molecule has 0 aliphatic heterocycles. The SMILES string of the molecule is COc1ccccc1OCCn1c(CNC(=O)COc2ccc(Cl)cc2)nc2ccccc21. The predicted molar refractivity (Wildman–Crippen MR) is 127 cm³/mol. The van der Waals surface area contributed by atoms with E-state index in [1.165, 1.54) is 0 Å². The van der Waals surface area contributed by atoms with Crippen LogP contribution in [0.5, 0.6) is 17.2 Å². The average Bonchev–Trinajstić information content (AvgIpc) is 3.20. The van der Waals surface area contributed by atoms with Crippen molar-refractivity contribution in [1.29, 1.82) is 0 Å². The van der Waals surface area contributed by atoms with Crippen LogP contribution in [0.4, 0.5) is 0 Å². The first kappa shape index (κ1) is 22.5. The first-order valence-electron chi connectivity index (χ1n) is 10.5. The van der Waals surface area contributed by atoms with Crippen LogP contribution in [0.2, 0.25) is 5.02 Å². The lowest BCUT2D eigenvalue weighted by Gasteiger charge is -2.13. The molecule has 8 heteroatoms. The summed E-state index contributed by atoms with van der Waals surface area (Å²) in [4.78, 5) is 17.0. The number of aromatic nitrogens is 2. The van der Waals surface area contributed by atoms with E-state index in [2.05, 4.69) is 10.3 Å². The van der Waals surface area contributed by atoms with Gasteiger partial charge in [-0.05, 0) is 48.5 Å². The number of nitrogens with zero attached hydrogens (tertiary/aromatic N) is 2. The van der Waals surface area contributed by atoms with E-state index in [0.717, 1.165) is 16.9 Å². The lowest BCUT2D eigenvalue weighted by Crippen LogP contribution is -2.29. The monoisotopic (exact) mass is 465 g/mol. The summed E-state index contributed by atoms with van der Waals surface area (Å²) in [6.07, 6.45) is 0. The van der Waals surface area contributed by atoms with E-state index in [1.807, 2.05) is 53.1 Å². The maximum absolute atomic E-state index is 12.3. The number of carbonyl (C=O) groups is 1. The molecular formula is C25H24ClN3O4. The van der Waals surface area contributed by atoms with Gasteiger partial charge in [-0.3, -0.25) is 4.79 Å². The number of nitrogens with one attached hydrogen (secondary N) is 1. The minimum atomic E-state index is -0.242. The number of imidazole rings is 1. The lowest BCUT2D eigenvalue weighted by molar-refractivity contribution is -0.123. The lowest BCUT2D eigenvalue weighted by atomic mass is 10.3.